The molecule has 0 aromatic heterocycles. The predicted octanol–water partition coefficient (Wildman–Crippen LogP) is 0.547. The minimum atomic E-state index is -0.0283. The van der Waals surface area contributed by atoms with Crippen LogP contribution in [0.25, 0.3) is 0 Å². The van der Waals surface area contributed by atoms with Crippen molar-refractivity contribution in [2.75, 3.05) is 13.7 Å². The van der Waals surface area contributed by atoms with E-state index in [1.54, 1.807) is 0 Å². The number of hydrogen-bond donors (Lipinski definition) is 1. The molecule has 1 saturated carbocycles. The molecule has 0 amide bonds. The van der Waals surface area contributed by atoms with Crippen molar-refractivity contribution in [3.05, 3.63) is 0 Å². The Hall–Kier alpha value is -0.570. The van der Waals surface area contributed by atoms with E-state index in [2.05, 4.69) is 5.32 Å². The quantitative estimate of drug-likeness (QED) is 0.582. The summed E-state index contributed by atoms with van der Waals surface area (Å²) in [7, 11) is 1.47. The lowest BCUT2D eigenvalue weighted by atomic mass is 10.1. The Morgan fingerprint density at radius 3 is 3.08 bits per heavy atom. The van der Waals surface area contributed by atoms with Crippen LogP contribution in [-0.4, -0.2) is 25.7 Å². The van der Waals surface area contributed by atoms with E-state index < -0.39 is 0 Å². The molecule has 1 aliphatic heterocycles. The number of rotatable bonds is 1. The van der Waals surface area contributed by atoms with Crippen molar-refractivity contribution in [1.29, 1.82) is 0 Å². The third-order valence-corrected chi connectivity index (χ3v) is 2.99. The summed E-state index contributed by atoms with van der Waals surface area (Å²) in [4.78, 5) is 11.2. The minimum absolute atomic E-state index is 0.0283. The van der Waals surface area contributed by atoms with Gasteiger partial charge in [0.25, 0.3) is 0 Å². The fourth-order valence-electron chi connectivity index (χ4n) is 2.24. The maximum atomic E-state index is 11.2. The third kappa shape index (κ3) is 1.22. The molecule has 1 aliphatic carbocycles. The number of esters is 1. The van der Waals surface area contributed by atoms with E-state index in [0.717, 1.165) is 6.54 Å². The lowest BCUT2D eigenvalue weighted by molar-refractivity contribution is -0.142. The molecular formula is C9H15NO2. The van der Waals surface area contributed by atoms with Gasteiger partial charge in [0.2, 0.25) is 0 Å². The Kier molecular flexibility index (Phi) is 2.05. The molecular weight excluding hydrogens is 154 g/mol. The second-order valence-electron chi connectivity index (χ2n) is 3.69. The molecule has 3 unspecified atom stereocenters. The molecule has 2 aliphatic rings. The first-order valence-electron chi connectivity index (χ1n) is 4.66. The van der Waals surface area contributed by atoms with Crippen LogP contribution in [0.3, 0.4) is 0 Å². The van der Waals surface area contributed by atoms with Gasteiger partial charge in [0.15, 0.2) is 0 Å². The fraction of sp³-hybridized carbons (Fsp3) is 0.889. The summed E-state index contributed by atoms with van der Waals surface area (Å²) < 4.78 is 4.73. The molecule has 12 heavy (non-hydrogen) atoms. The zero-order chi connectivity index (χ0) is 8.55. The number of nitrogens with one attached hydrogen (secondary N) is 1. The molecule has 68 valence electrons. The van der Waals surface area contributed by atoms with Crippen molar-refractivity contribution in [2.45, 2.75) is 25.3 Å². The number of ether oxygens (including phenoxy) is 1. The van der Waals surface area contributed by atoms with E-state index in [1.165, 1.54) is 26.4 Å². The molecule has 0 radical (unpaired) electrons. The summed E-state index contributed by atoms with van der Waals surface area (Å²) in [6.45, 7) is 1.06. The van der Waals surface area contributed by atoms with Gasteiger partial charge in [-0.15, -0.1) is 0 Å². The average Bonchev–Trinajstić information content (AvgIpc) is 2.76. The van der Waals surface area contributed by atoms with Crippen molar-refractivity contribution >= 4 is 5.97 Å². The van der Waals surface area contributed by atoms with E-state index in [4.69, 9.17) is 4.74 Å². The van der Waals surface area contributed by atoms with Crippen LogP contribution < -0.4 is 5.32 Å². The first kappa shape index (κ1) is 8.05. The van der Waals surface area contributed by atoms with Gasteiger partial charge < -0.3 is 10.1 Å². The van der Waals surface area contributed by atoms with Gasteiger partial charge >= 0.3 is 5.97 Å². The summed E-state index contributed by atoms with van der Waals surface area (Å²) in [5.41, 5.74) is 0. The molecule has 0 aromatic carbocycles. The van der Waals surface area contributed by atoms with Crippen molar-refractivity contribution in [1.82, 2.24) is 5.32 Å². The highest BCUT2D eigenvalue weighted by Gasteiger charge is 2.55. The van der Waals surface area contributed by atoms with Crippen LogP contribution in [0.5, 0.6) is 0 Å². The smallest absolute Gasteiger partial charge is 0.310 e. The van der Waals surface area contributed by atoms with Crippen molar-refractivity contribution in [3.63, 3.8) is 0 Å². The highest BCUT2D eigenvalue weighted by molar-refractivity contribution is 5.77. The predicted molar refractivity (Wildman–Crippen MR) is 44.6 cm³/mol. The fourth-order valence-corrected chi connectivity index (χ4v) is 2.24. The van der Waals surface area contributed by atoms with Crippen LogP contribution in [0.1, 0.15) is 19.3 Å². The summed E-state index contributed by atoms with van der Waals surface area (Å²) >= 11 is 0. The molecule has 3 atom stereocenters. The van der Waals surface area contributed by atoms with Gasteiger partial charge in [0, 0.05) is 6.04 Å². The van der Waals surface area contributed by atoms with Gasteiger partial charge in [-0.25, -0.2) is 0 Å². The Morgan fingerprint density at radius 1 is 1.50 bits per heavy atom. The van der Waals surface area contributed by atoms with E-state index in [1.807, 2.05) is 0 Å². The lowest BCUT2D eigenvalue weighted by Crippen LogP contribution is -2.21. The molecule has 3 nitrogen and oxygen atoms in total. The van der Waals surface area contributed by atoms with Crippen LogP contribution in [-0.2, 0) is 9.53 Å². The van der Waals surface area contributed by atoms with Crippen molar-refractivity contribution in [3.8, 4) is 0 Å². The summed E-state index contributed by atoms with van der Waals surface area (Å²) in [5.74, 6) is 0.703. The van der Waals surface area contributed by atoms with Crippen LogP contribution in [0.15, 0.2) is 0 Å². The van der Waals surface area contributed by atoms with Gasteiger partial charge in [-0.2, -0.15) is 0 Å². The molecule has 1 N–H and O–H groups in total. The Balaban J connectivity index is 1.93. The molecule has 1 heterocycles. The maximum Gasteiger partial charge on any atom is 0.310 e. The first-order valence-corrected chi connectivity index (χ1v) is 4.66. The zero-order valence-corrected chi connectivity index (χ0v) is 7.38. The number of carbonyl (C=O) groups excluding carboxylic acids is 1. The van der Waals surface area contributed by atoms with Crippen LogP contribution >= 0.6 is 0 Å². The van der Waals surface area contributed by atoms with Crippen LogP contribution in [0.2, 0.25) is 0 Å². The summed E-state index contributed by atoms with van der Waals surface area (Å²) in [5, 5.41) is 3.38. The van der Waals surface area contributed by atoms with Gasteiger partial charge in [-0.05, 0) is 25.3 Å². The van der Waals surface area contributed by atoms with Gasteiger partial charge in [-0.3, -0.25) is 4.79 Å². The van der Waals surface area contributed by atoms with Crippen LogP contribution in [0, 0.1) is 11.8 Å². The van der Waals surface area contributed by atoms with Gasteiger partial charge in [0.1, 0.15) is 0 Å². The van der Waals surface area contributed by atoms with E-state index in [0.29, 0.717) is 12.0 Å². The molecule has 2 rings (SSSR count). The molecule has 1 saturated heterocycles. The monoisotopic (exact) mass is 169 g/mol. The maximum absolute atomic E-state index is 11.2. The van der Waals surface area contributed by atoms with E-state index >= 15 is 0 Å². The molecule has 0 aromatic rings. The standard InChI is InChI=1S/C9H15NO2/c1-12-9(11)7-6-4-2-3-5-10-8(6)7/h6-8,10H,2-5H2,1H3. The first-order chi connectivity index (χ1) is 5.84. The number of carbonyl (C=O) groups is 1. The second-order valence-corrected chi connectivity index (χ2v) is 3.69. The number of hydrogen-bond acceptors (Lipinski definition) is 3. The van der Waals surface area contributed by atoms with Gasteiger partial charge in [-0.1, -0.05) is 6.42 Å². The average molecular weight is 169 g/mol. The summed E-state index contributed by atoms with van der Waals surface area (Å²) in [6, 6.07) is 0.431. The van der Waals surface area contributed by atoms with Gasteiger partial charge in [0.05, 0.1) is 13.0 Å². The number of methoxy groups -OCH3 is 1. The molecule has 2 fully saturated rings. The van der Waals surface area contributed by atoms with E-state index in [-0.39, 0.29) is 11.9 Å². The second kappa shape index (κ2) is 3.05. The van der Waals surface area contributed by atoms with Crippen molar-refractivity contribution < 1.29 is 9.53 Å². The topological polar surface area (TPSA) is 38.3 Å². The Bertz CT molecular complexity index is 181. The highest BCUT2D eigenvalue weighted by Crippen LogP contribution is 2.44. The Labute approximate surface area is 72.5 Å². The lowest BCUT2D eigenvalue weighted by Gasteiger charge is -2.01. The SMILES string of the molecule is COC(=O)C1C2CCCCNC21. The number of fused-ring (bicyclic) bond motifs is 1. The zero-order valence-electron chi connectivity index (χ0n) is 7.38. The highest BCUT2D eigenvalue weighted by atomic mass is 16.5. The molecule has 0 spiro atoms. The Morgan fingerprint density at radius 2 is 2.33 bits per heavy atom. The van der Waals surface area contributed by atoms with Crippen LogP contribution in [0.4, 0.5) is 0 Å². The largest absolute Gasteiger partial charge is 0.469 e. The third-order valence-electron chi connectivity index (χ3n) is 2.99. The normalized spacial score (nSPS) is 39.6. The minimum Gasteiger partial charge on any atom is -0.469 e. The molecule has 3 heteroatoms. The summed E-state index contributed by atoms with van der Waals surface area (Å²) in [6.07, 6.45) is 3.69. The van der Waals surface area contributed by atoms with E-state index in [9.17, 15) is 4.79 Å². The molecule has 0 bridgehead atoms. The van der Waals surface area contributed by atoms with Crippen molar-refractivity contribution in [2.24, 2.45) is 11.8 Å².